The minimum Gasteiger partial charge on any atom is -0.346 e. The molecule has 2 heteroatoms. The minimum absolute atomic E-state index is 0.533. The van der Waals surface area contributed by atoms with E-state index in [4.69, 9.17) is 0 Å². The standard InChI is InChI=1S/C10H18N2/c1-5-9-6-11-10(12-9)8(4)7(2)3/h6-8H,5H2,1-4H3,(H,11,12)/t8-/m1/s1. The van der Waals surface area contributed by atoms with Crippen LogP contribution in [-0.4, -0.2) is 9.97 Å². The number of rotatable bonds is 3. The Balaban J connectivity index is 2.74. The number of aryl methyl sites for hydroxylation is 1. The lowest BCUT2D eigenvalue weighted by Gasteiger charge is -2.11. The van der Waals surface area contributed by atoms with Crippen LogP contribution in [0.2, 0.25) is 0 Å². The molecule has 0 aliphatic carbocycles. The molecule has 0 bridgehead atoms. The molecular weight excluding hydrogens is 148 g/mol. The average molecular weight is 166 g/mol. The molecule has 0 radical (unpaired) electrons. The molecule has 0 amide bonds. The third kappa shape index (κ3) is 1.87. The molecule has 68 valence electrons. The predicted molar refractivity (Wildman–Crippen MR) is 51.2 cm³/mol. The highest BCUT2D eigenvalue weighted by molar-refractivity contribution is 5.04. The van der Waals surface area contributed by atoms with Crippen LogP contribution < -0.4 is 0 Å². The van der Waals surface area contributed by atoms with Crippen molar-refractivity contribution in [1.82, 2.24) is 9.97 Å². The third-order valence-corrected chi connectivity index (χ3v) is 2.46. The van der Waals surface area contributed by atoms with E-state index in [0.717, 1.165) is 12.2 Å². The van der Waals surface area contributed by atoms with E-state index in [1.54, 1.807) is 0 Å². The highest BCUT2D eigenvalue weighted by atomic mass is 14.9. The van der Waals surface area contributed by atoms with Gasteiger partial charge in [0.15, 0.2) is 0 Å². The molecule has 12 heavy (non-hydrogen) atoms. The maximum absolute atomic E-state index is 4.35. The Bertz CT molecular complexity index is 238. The maximum Gasteiger partial charge on any atom is 0.109 e. The highest BCUT2D eigenvalue weighted by Crippen LogP contribution is 2.20. The van der Waals surface area contributed by atoms with Crippen LogP contribution in [0, 0.1) is 5.92 Å². The van der Waals surface area contributed by atoms with Crippen molar-refractivity contribution in [2.45, 2.75) is 40.0 Å². The largest absolute Gasteiger partial charge is 0.346 e. The molecule has 1 aromatic rings. The van der Waals surface area contributed by atoms with Crippen molar-refractivity contribution in [2.24, 2.45) is 5.92 Å². The Hall–Kier alpha value is -0.790. The van der Waals surface area contributed by atoms with Gasteiger partial charge < -0.3 is 4.98 Å². The quantitative estimate of drug-likeness (QED) is 0.734. The van der Waals surface area contributed by atoms with E-state index in [0.29, 0.717) is 11.8 Å². The number of aromatic nitrogens is 2. The molecule has 1 N–H and O–H groups in total. The van der Waals surface area contributed by atoms with Crippen molar-refractivity contribution in [3.63, 3.8) is 0 Å². The molecule has 1 aromatic heterocycles. The van der Waals surface area contributed by atoms with Gasteiger partial charge >= 0.3 is 0 Å². The van der Waals surface area contributed by atoms with Gasteiger partial charge in [-0.15, -0.1) is 0 Å². The van der Waals surface area contributed by atoms with Gasteiger partial charge in [0.1, 0.15) is 5.82 Å². The van der Waals surface area contributed by atoms with Gasteiger partial charge in [0.05, 0.1) is 0 Å². The molecule has 0 spiro atoms. The van der Waals surface area contributed by atoms with E-state index in [9.17, 15) is 0 Å². The first-order valence-electron chi connectivity index (χ1n) is 4.69. The topological polar surface area (TPSA) is 28.7 Å². The molecule has 1 atom stereocenters. The Kier molecular flexibility index (Phi) is 2.90. The van der Waals surface area contributed by atoms with Gasteiger partial charge in [0, 0.05) is 17.8 Å². The monoisotopic (exact) mass is 166 g/mol. The van der Waals surface area contributed by atoms with Crippen LogP contribution in [0.3, 0.4) is 0 Å². The SMILES string of the molecule is CCc1cnc([C@H](C)C(C)C)[nH]1. The number of nitrogens with one attached hydrogen (secondary N) is 1. The first-order valence-corrected chi connectivity index (χ1v) is 4.69. The van der Waals surface area contributed by atoms with Gasteiger partial charge in [-0.05, 0) is 12.3 Å². The van der Waals surface area contributed by atoms with E-state index >= 15 is 0 Å². The zero-order valence-electron chi connectivity index (χ0n) is 8.39. The van der Waals surface area contributed by atoms with Gasteiger partial charge in [-0.2, -0.15) is 0 Å². The second-order valence-electron chi connectivity index (χ2n) is 3.68. The van der Waals surface area contributed by atoms with E-state index in [1.807, 2.05) is 6.20 Å². The predicted octanol–water partition coefficient (Wildman–Crippen LogP) is 2.73. The summed E-state index contributed by atoms with van der Waals surface area (Å²) in [6, 6.07) is 0. The molecule has 0 fully saturated rings. The molecular formula is C10H18N2. The maximum atomic E-state index is 4.35. The Morgan fingerprint density at radius 1 is 1.42 bits per heavy atom. The van der Waals surface area contributed by atoms with Crippen LogP contribution in [0.5, 0.6) is 0 Å². The number of nitrogens with zero attached hydrogens (tertiary/aromatic N) is 1. The van der Waals surface area contributed by atoms with Gasteiger partial charge in [0.25, 0.3) is 0 Å². The van der Waals surface area contributed by atoms with E-state index in [1.165, 1.54) is 5.69 Å². The van der Waals surface area contributed by atoms with Gasteiger partial charge in [0.2, 0.25) is 0 Å². The number of hydrogen-bond acceptors (Lipinski definition) is 1. The van der Waals surface area contributed by atoms with Crippen LogP contribution in [0.25, 0.3) is 0 Å². The van der Waals surface area contributed by atoms with E-state index in [2.05, 4.69) is 37.7 Å². The summed E-state index contributed by atoms with van der Waals surface area (Å²) in [5.74, 6) is 2.31. The summed E-state index contributed by atoms with van der Waals surface area (Å²) >= 11 is 0. The van der Waals surface area contributed by atoms with Crippen LogP contribution >= 0.6 is 0 Å². The molecule has 0 aliphatic rings. The van der Waals surface area contributed by atoms with Crippen molar-refractivity contribution in [3.8, 4) is 0 Å². The first-order chi connectivity index (χ1) is 5.65. The lowest BCUT2D eigenvalue weighted by Crippen LogP contribution is -2.03. The third-order valence-electron chi connectivity index (χ3n) is 2.46. The summed E-state index contributed by atoms with van der Waals surface area (Å²) in [5.41, 5.74) is 1.23. The van der Waals surface area contributed by atoms with Crippen molar-refractivity contribution < 1.29 is 0 Å². The van der Waals surface area contributed by atoms with Crippen molar-refractivity contribution in [1.29, 1.82) is 0 Å². The summed E-state index contributed by atoms with van der Waals surface area (Å²) in [7, 11) is 0. The lowest BCUT2D eigenvalue weighted by atomic mass is 9.98. The smallest absolute Gasteiger partial charge is 0.109 e. The summed E-state index contributed by atoms with van der Waals surface area (Å²) in [6.45, 7) is 8.79. The van der Waals surface area contributed by atoms with Gasteiger partial charge in [-0.3, -0.25) is 0 Å². The van der Waals surface area contributed by atoms with Crippen LogP contribution in [-0.2, 0) is 6.42 Å². The minimum atomic E-state index is 0.533. The van der Waals surface area contributed by atoms with Crippen LogP contribution in [0.15, 0.2) is 6.20 Å². The van der Waals surface area contributed by atoms with Gasteiger partial charge in [-0.25, -0.2) is 4.98 Å². The number of aromatic amines is 1. The van der Waals surface area contributed by atoms with Crippen molar-refractivity contribution >= 4 is 0 Å². The fraction of sp³-hybridized carbons (Fsp3) is 0.700. The average Bonchev–Trinajstić information content (AvgIpc) is 2.50. The zero-order valence-corrected chi connectivity index (χ0v) is 8.39. The van der Waals surface area contributed by atoms with Crippen LogP contribution in [0.4, 0.5) is 0 Å². The Morgan fingerprint density at radius 3 is 2.50 bits per heavy atom. The van der Waals surface area contributed by atoms with E-state index < -0.39 is 0 Å². The zero-order chi connectivity index (χ0) is 9.14. The van der Waals surface area contributed by atoms with Crippen LogP contribution in [0.1, 0.15) is 45.1 Å². The summed E-state index contributed by atoms with van der Waals surface area (Å²) in [4.78, 5) is 7.69. The second kappa shape index (κ2) is 3.74. The van der Waals surface area contributed by atoms with Crippen molar-refractivity contribution in [3.05, 3.63) is 17.7 Å². The normalized spacial score (nSPS) is 13.8. The molecule has 0 aromatic carbocycles. The molecule has 0 saturated carbocycles. The summed E-state index contributed by atoms with van der Waals surface area (Å²) < 4.78 is 0. The fourth-order valence-corrected chi connectivity index (χ4v) is 1.10. The molecule has 0 aliphatic heterocycles. The summed E-state index contributed by atoms with van der Waals surface area (Å²) in [6.07, 6.45) is 2.98. The molecule has 1 rings (SSSR count). The molecule has 0 saturated heterocycles. The first kappa shape index (κ1) is 9.30. The lowest BCUT2D eigenvalue weighted by molar-refractivity contribution is 0.513. The fourth-order valence-electron chi connectivity index (χ4n) is 1.10. The van der Waals surface area contributed by atoms with Crippen molar-refractivity contribution in [2.75, 3.05) is 0 Å². The molecule has 2 nitrogen and oxygen atoms in total. The highest BCUT2D eigenvalue weighted by Gasteiger charge is 2.12. The Labute approximate surface area is 74.4 Å². The summed E-state index contributed by atoms with van der Waals surface area (Å²) in [5, 5.41) is 0. The molecule has 0 unspecified atom stereocenters. The Morgan fingerprint density at radius 2 is 2.08 bits per heavy atom. The number of hydrogen-bond donors (Lipinski definition) is 1. The number of H-pyrrole nitrogens is 1. The second-order valence-corrected chi connectivity index (χ2v) is 3.68. The van der Waals surface area contributed by atoms with Gasteiger partial charge in [-0.1, -0.05) is 27.7 Å². The molecule has 1 heterocycles. The number of imidazole rings is 1. The van der Waals surface area contributed by atoms with E-state index in [-0.39, 0.29) is 0 Å².